The summed E-state index contributed by atoms with van der Waals surface area (Å²) in [4.78, 5) is 0. The first-order valence-corrected chi connectivity index (χ1v) is 8.13. The number of ether oxygens (including phenoxy) is 1. The second kappa shape index (κ2) is 3.04. The zero-order valence-electron chi connectivity index (χ0n) is 12.3. The normalized spacial score (nSPS) is 28.2. The Kier molecular flexibility index (Phi) is 1.45. The first-order valence-electron chi connectivity index (χ1n) is 8.13. The number of rotatable bonds is 0. The van der Waals surface area contributed by atoms with Crippen LogP contribution in [-0.2, 0) is 15.9 Å². The first kappa shape index (κ1) is 11.0. The molecule has 1 heterocycles. The summed E-state index contributed by atoms with van der Waals surface area (Å²) in [5, 5.41) is 5.43. The van der Waals surface area contributed by atoms with Crippen molar-refractivity contribution in [1.82, 2.24) is 0 Å². The van der Waals surface area contributed by atoms with Gasteiger partial charge in [-0.2, -0.15) is 0 Å². The van der Waals surface area contributed by atoms with Crippen molar-refractivity contribution in [2.45, 2.75) is 11.2 Å². The van der Waals surface area contributed by atoms with Crippen molar-refractivity contribution >= 4 is 21.5 Å². The van der Waals surface area contributed by atoms with Crippen LogP contribution in [0.4, 0.5) is 0 Å². The molecule has 1 nitrogen and oxygen atoms in total. The molecule has 106 valence electrons. The van der Waals surface area contributed by atoms with E-state index >= 15 is 0 Å². The molecule has 1 saturated heterocycles. The van der Waals surface area contributed by atoms with Gasteiger partial charge in [0.05, 0.1) is 0 Å². The fourth-order valence-corrected chi connectivity index (χ4v) is 5.33. The summed E-state index contributed by atoms with van der Waals surface area (Å²) in [6.07, 6.45) is 0. The Morgan fingerprint density at radius 3 is 1.17 bits per heavy atom. The largest absolute Gasteiger partial charge is 0.342 e. The molecule has 0 atom stereocenters. The van der Waals surface area contributed by atoms with Crippen molar-refractivity contribution in [3.63, 3.8) is 0 Å². The monoisotopic (exact) mass is 292 g/mol. The third-order valence-corrected chi connectivity index (χ3v) is 6.09. The average Bonchev–Trinajstić information content (AvgIpc) is 3.18. The summed E-state index contributed by atoms with van der Waals surface area (Å²) in [5.74, 6) is 0. The summed E-state index contributed by atoms with van der Waals surface area (Å²) in [6.45, 7) is 0. The van der Waals surface area contributed by atoms with Crippen LogP contribution in [0, 0.1) is 0 Å². The van der Waals surface area contributed by atoms with Crippen LogP contribution in [0.5, 0.6) is 0 Å². The van der Waals surface area contributed by atoms with Crippen molar-refractivity contribution in [2.24, 2.45) is 0 Å². The lowest BCUT2D eigenvalue weighted by Crippen LogP contribution is -2.13. The van der Waals surface area contributed by atoms with E-state index in [9.17, 15) is 0 Å². The molecule has 7 rings (SSSR count). The molecule has 1 fully saturated rings. The van der Waals surface area contributed by atoms with Gasteiger partial charge in [-0.1, -0.05) is 72.8 Å². The molecule has 0 saturated carbocycles. The molecule has 23 heavy (non-hydrogen) atoms. The summed E-state index contributed by atoms with van der Waals surface area (Å²) < 4.78 is 6.60. The van der Waals surface area contributed by atoms with E-state index < -0.39 is 0 Å². The Labute approximate surface area is 133 Å². The summed E-state index contributed by atoms with van der Waals surface area (Å²) in [5.41, 5.74) is 4.78. The van der Waals surface area contributed by atoms with Gasteiger partial charge >= 0.3 is 0 Å². The lowest BCUT2D eigenvalue weighted by atomic mass is 9.88. The Hall–Kier alpha value is -2.64. The quantitative estimate of drug-likeness (QED) is 0.423. The molecular weight excluding hydrogens is 280 g/mol. The zero-order chi connectivity index (χ0) is 14.8. The first-order chi connectivity index (χ1) is 11.4. The topological polar surface area (TPSA) is 12.5 Å². The number of hydrogen-bond donors (Lipinski definition) is 0. The molecule has 0 N–H and O–H groups in total. The number of epoxide rings is 1. The van der Waals surface area contributed by atoms with Gasteiger partial charge in [0.25, 0.3) is 0 Å². The van der Waals surface area contributed by atoms with E-state index in [1.165, 1.54) is 43.8 Å². The van der Waals surface area contributed by atoms with Crippen molar-refractivity contribution in [1.29, 1.82) is 0 Å². The fourth-order valence-electron chi connectivity index (χ4n) is 5.33. The molecule has 3 aliphatic rings. The summed E-state index contributed by atoms with van der Waals surface area (Å²) >= 11 is 0. The smallest absolute Gasteiger partial charge is 0.159 e. The van der Waals surface area contributed by atoms with Gasteiger partial charge in [-0.15, -0.1) is 0 Å². The molecule has 4 aromatic rings. The van der Waals surface area contributed by atoms with Gasteiger partial charge in [0, 0.05) is 22.3 Å². The third kappa shape index (κ3) is 0.860. The van der Waals surface area contributed by atoms with Crippen molar-refractivity contribution in [2.75, 3.05) is 0 Å². The second-order valence-electron chi connectivity index (χ2n) is 6.88. The minimum absolute atomic E-state index is 0.292. The Balaban J connectivity index is 1.78. The highest BCUT2D eigenvalue weighted by Gasteiger charge is 2.80. The second-order valence-corrected chi connectivity index (χ2v) is 6.88. The van der Waals surface area contributed by atoms with Crippen LogP contribution in [0.25, 0.3) is 21.5 Å². The van der Waals surface area contributed by atoms with E-state index in [1.807, 2.05) is 0 Å². The lowest BCUT2D eigenvalue weighted by Gasteiger charge is -2.16. The van der Waals surface area contributed by atoms with E-state index in [0.29, 0.717) is 0 Å². The van der Waals surface area contributed by atoms with Crippen LogP contribution in [-0.4, -0.2) is 0 Å². The van der Waals surface area contributed by atoms with Crippen LogP contribution in [0.15, 0.2) is 72.8 Å². The number of benzene rings is 4. The van der Waals surface area contributed by atoms with Gasteiger partial charge in [-0.3, -0.25) is 0 Å². The Bertz CT molecular complexity index is 1030. The average molecular weight is 292 g/mol. The van der Waals surface area contributed by atoms with Gasteiger partial charge in [0.2, 0.25) is 0 Å². The van der Waals surface area contributed by atoms with Gasteiger partial charge in [-0.05, 0) is 21.5 Å². The van der Waals surface area contributed by atoms with Gasteiger partial charge in [0.15, 0.2) is 11.2 Å². The maximum atomic E-state index is 6.60. The molecule has 1 heteroatoms. The highest BCUT2D eigenvalue weighted by Crippen LogP contribution is 2.79. The molecule has 2 aliphatic carbocycles. The van der Waals surface area contributed by atoms with Crippen LogP contribution >= 0.6 is 0 Å². The maximum Gasteiger partial charge on any atom is 0.159 e. The number of hydrogen-bond acceptors (Lipinski definition) is 1. The van der Waals surface area contributed by atoms with Crippen LogP contribution < -0.4 is 0 Å². The third-order valence-electron chi connectivity index (χ3n) is 6.09. The zero-order valence-corrected chi connectivity index (χ0v) is 12.3. The molecule has 0 aromatic heterocycles. The van der Waals surface area contributed by atoms with Crippen molar-refractivity contribution in [3.05, 3.63) is 95.1 Å². The summed E-state index contributed by atoms with van der Waals surface area (Å²) in [7, 11) is 0. The van der Waals surface area contributed by atoms with E-state index in [0.717, 1.165) is 0 Å². The van der Waals surface area contributed by atoms with E-state index in [-0.39, 0.29) is 11.2 Å². The molecule has 0 bridgehead atoms. The van der Waals surface area contributed by atoms with E-state index in [1.54, 1.807) is 0 Å². The molecule has 0 amide bonds. The minimum Gasteiger partial charge on any atom is -0.342 e. The minimum atomic E-state index is -0.292. The predicted octanol–water partition coefficient (Wildman–Crippen LogP) is 4.84. The molecule has 0 unspecified atom stereocenters. The van der Waals surface area contributed by atoms with Crippen LogP contribution in [0.3, 0.4) is 0 Å². The molecule has 0 radical (unpaired) electrons. The van der Waals surface area contributed by atoms with E-state index in [4.69, 9.17) is 4.74 Å². The van der Waals surface area contributed by atoms with Crippen molar-refractivity contribution < 1.29 is 4.74 Å². The lowest BCUT2D eigenvalue weighted by molar-refractivity contribution is 0.293. The molecular formula is C22H12O. The Morgan fingerprint density at radius 2 is 0.826 bits per heavy atom. The molecule has 0 spiro atoms. The fraction of sp³-hybridized carbons (Fsp3) is 0.0909. The van der Waals surface area contributed by atoms with Gasteiger partial charge in [0.1, 0.15) is 0 Å². The van der Waals surface area contributed by atoms with Crippen molar-refractivity contribution in [3.8, 4) is 0 Å². The molecule has 4 aromatic carbocycles. The van der Waals surface area contributed by atoms with Gasteiger partial charge < -0.3 is 4.74 Å². The van der Waals surface area contributed by atoms with Crippen LogP contribution in [0.1, 0.15) is 22.3 Å². The maximum absolute atomic E-state index is 6.60. The highest BCUT2D eigenvalue weighted by atomic mass is 16.6. The molecule has 1 aliphatic heterocycles. The standard InChI is InChI=1S/C22H12O/c1-5-13-6-2-10-16-19(13)15(9-1)21-17-11-3-7-14-8-4-12-18(20(14)17)22(16,21)23-21/h1-12H. The SMILES string of the molecule is c1cc2c3c(cccc3c1)C13OC21c1cccc2cccc3c12. The van der Waals surface area contributed by atoms with E-state index in [2.05, 4.69) is 72.8 Å². The summed E-state index contributed by atoms with van der Waals surface area (Å²) in [6, 6.07) is 26.5. The predicted molar refractivity (Wildman–Crippen MR) is 90.5 cm³/mol. The van der Waals surface area contributed by atoms with Gasteiger partial charge in [-0.25, -0.2) is 0 Å². The highest BCUT2D eigenvalue weighted by molar-refractivity contribution is 6.05. The van der Waals surface area contributed by atoms with Crippen LogP contribution in [0.2, 0.25) is 0 Å². The Morgan fingerprint density at radius 1 is 0.478 bits per heavy atom.